The van der Waals surface area contributed by atoms with Crippen LogP contribution in [-0.4, -0.2) is 0 Å². The van der Waals surface area contributed by atoms with E-state index in [0.29, 0.717) is 12.1 Å². The van der Waals surface area contributed by atoms with E-state index in [9.17, 15) is 4.39 Å². The molecule has 0 saturated carbocycles. The van der Waals surface area contributed by atoms with Crippen LogP contribution in [0.2, 0.25) is 0 Å². The Labute approximate surface area is 87.5 Å². The second-order valence-corrected chi connectivity index (χ2v) is 3.43. The van der Waals surface area contributed by atoms with Crippen molar-refractivity contribution in [2.75, 3.05) is 0 Å². The largest absolute Gasteiger partial charge is 0.460 e. The first-order valence-electron chi connectivity index (χ1n) is 4.76. The van der Waals surface area contributed by atoms with Crippen molar-refractivity contribution in [3.63, 3.8) is 0 Å². The van der Waals surface area contributed by atoms with Gasteiger partial charge in [-0.3, -0.25) is 0 Å². The maximum absolute atomic E-state index is 13.0. The van der Waals surface area contributed by atoms with E-state index >= 15 is 0 Å². The Morgan fingerprint density at radius 2 is 2.07 bits per heavy atom. The highest BCUT2D eigenvalue weighted by Crippen LogP contribution is 2.23. The summed E-state index contributed by atoms with van der Waals surface area (Å²) in [5.74, 6) is 1.25. The minimum Gasteiger partial charge on any atom is -0.460 e. The molecule has 0 amide bonds. The third kappa shape index (κ3) is 1.92. The first kappa shape index (κ1) is 9.93. The van der Waals surface area contributed by atoms with Gasteiger partial charge in [-0.05, 0) is 42.8 Å². The maximum Gasteiger partial charge on any atom is 0.134 e. The highest BCUT2D eigenvalue weighted by atomic mass is 19.1. The molecule has 2 N–H and O–H groups in total. The molecule has 0 aliphatic carbocycles. The lowest BCUT2D eigenvalue weighted by Gasteiger charge is -2.00. The molecule has 2 nitrogen and oxygen atoms in total. The zero-order chi connectivity index (χ0) is 10.8. The van der Waals surface area contributed by atoms with E-state index in [4.69, 9.17) is 10.2 Å². The average molecular weight is 205 g/mol. The molecule has 0 unspecified atom stereocenters. The molecule has 3 heteroatoms. The van der Waals surface area contributed by atoms with Crippen LogP contribution in [0.3, 0.4) is 0 Å². The minimum absolute atomic E-state index is 0.204. The Kier molecular flexibility index (Phi) is 2.56. The molecule has 1 aromatic heterocycles. The number of hydrogen-bond acceptors (Lipinski definition) is 2. The van der Waals surface area contributed by atoms with Crippen LogP contribution in [0.1, 0.15) is 11.3 Å². The lowest BCUT2D eigenvalue weighted by Crippen LogP contribution is -1.92. The summed E-state index contributed by atoms with van der Waals surface area (Å²) in [7, 11) is 0. The average Bonchev–Trinajstić information content (AvgIpc) is 2.70. The summed E-state index contributed by atoms with van der Waals surface area (Å²) in [4.78, 5) is 0. The summed E-state index contributed by atoms with van der Waals surface area (Å²) in [6.07, 6.45) is 0. The fourth-order valence-electron chi connectivity index (χ4n) is 1.44. The molecule has 0 aliphatic heterocycles. The van der Waals surface area contributed by atoms with Gasteiger partial charge in [-0.1, -0.05) is 0 Å². The number of aryl methyl sites for hydroxylation is 1. The van der Waals surface area contributed by atoms with Gasteiger partial charge in [-0.15, -0.1) is 0 Å². The van der Waals surface area contributed by atoms with Crippen molar-refractivity contribution < 1.29 is 8.81 Å². The molecule has 2 aromatic rings. The molecule has 78 valence electrons. The van der Waals surface area contributed by atoms with E-state index in [1.807, 2.05) is 12.1 Å². The highest BCUT2D eigenvalue weighted by molar-refractivity contribution is 5.58. The third-order valence-electron chi connectivity index (χ3n) is 2.31. The van der Waals surface area contributed by atoms with Crippen LogP contribution in [-0.2, 0) is 6.54 Å². The highest BCUT2D eigenvalue weighted by Gasteiger charge is 2.05. The maximum atomic E-state index is 13.0. The zero-order valence-corrected chi connectivity index (χ0v) is 8.46. The minimum atomic E-state index is -0.204. The van der Waals surface area contributed by atoms with Gasteiger partial charge in [-0.2, -0.15) is 0 Å². The summed E-state index contributed by atoms with van der Waals surface area (Å²) in [5, 5.41) is 0. The van der Waals surface area contributed by atoms with Gasteiger partial charge in [-0.25, -0.2) is 4.39 Å². The smallest absolute Gasteiger partial charge is 0.134 e. The molecule has 1 heterocycles. The summed E-state index contributed by atoms with van der Waals surface area (Å²) in [5.41, 5.74) is 6.92. The topological polar surface area (TPSA) is 39.2 Å². The molecular weight excluding hydrogens is 193 g/mol. The van der Waals surface area contributed by atoms with Gasteiger partial charge in [0.2, 0.25) is 0 Å². The van der Waals surface area contributed by atoms with Crippen molar-refractivity contribution in [3.8, 4) is 11.3 Å². The van der Waals surface area contributed by atoms with E-state index in [1.165, 1.54) is 6.07 Å². The van der Waals surface area contributed by atoms with Gasteiger partial charge < -0.3 is 10.2 Å². The van der Waals surface area contributed by atoms with Crippen molar-refractivity contribution in [3.05, 3.63) is 47.5 Å². The van der Waals surface area contributed by atoms with Crippen LogP contribution in [0.25, 0.3) is 11.3 Å². The normalized spacial score (nSPS) is 10.6. The number of rotatable bonds is 2. The van der Waals surface area contributed by atoms with Crippen molar-refractivity contribution in [2.45, 2.75) is 13.5 Å². The fourth-order valence-corrected chi connectivity index (χ4v) is 1.44. The Morgan fingerprint density at radius 3 is 2.67 bits per heavy atom. The third-order valence-corrected chi connectivity index (χ3v) is 2.31. The molecule has 0 fully saturated rings. The molecule has 1 aromatic carbocycles. The second kappa shape index (κ2) is 3.87. The fraction of sp³-hybridized carbons (Fsp3) is 0.167. The van der Waals surface area contributed by atoms with Crippen LogP contribution in [0.4, 0.5) is 4.39 Å². The van der Waals surface area contributed by atoms with Gasteiger partial charge in [0, 0.05) is 5.56 Å². The number of halogens is 1. The van der Waals surface area contributed by atoms with Crippen molar-refractivity contribution in [2.24, 2.45) is 5.73 Å². The summed E-state index contributed by atoms with van der Waals surface area (Å²) in [6, 6.07) is 8.56. The van der Waals surface area contributed by atoms with Crippen LogP contribution in [0.15, 0.2) is 34.7 Å². The lowest BCUT2D eigenvalue weighted by molar-refractivity contribution is 0.525. The summed E-state index contributed by atoms with van der Waals surface area (Å²) < 4.78 is 18.5. The predicted molar refractivity (Wildman–Crippen MR) is 56.7 cm³/mol. The van der Waals surface area contributed by atoms with E-state index < -0.39 is 0 Å². The van der Waals surface area contributed by atoms with Gasteiger partial charge in [0.25, 0.3) is 0 Å². The quantitative estimate of drug-likeness (QED) is 0.818. The number of benzene rings is 1. The Bertz CT molecular complexity index is 476. The monoisotopic (exact) mass is 205 g/mol. The Hall–Kier alpha value is -1.61. The van der Waals surface area contributed by atoms with E-state index in [-0.39, 0.29) is 5.82 Å². The molecule has 0 saturated heterocycles. The first-order valence-corrected chi connectivity index (χ1v) is 4.76. The van der Waals surface area contributed by atoms with E-state index in [1.54, 1.807) is 19.1 Å². The van der Waals surface area contributed by atoms with Crippen LogP contribution in [0, 0.1) is 12.7 Å². The molecule has 0 spiro atoms. The van der Waals surface area contributed by atoms with E-state index in [0.717, 1.165) is 17.1 Å². The van der Waals surface area contributed by atoms with Gasteiger partial charge in [0.15, 0.2) is 0 Å². The SMILES string of the molecule is Cc1cc(-c2ccc(CN)o2)ccc1F. The number of hydrogen-bond donors (Lipinski definition) is 1. The molecule has 0 bridgehead atoms. The van der Waals surface area contributed by atoms with Crippen molar-refractivity contribution >= 4 is 0 Å². The molecule has 15 heavy (non-hydrogen) atoms. The van der Waals surface area contributed by atoms with Crippen molar-refractivity contribution in [1.29, 1.82) is 0 Å². The van der Waals surface area contributed by atoms with Crippen LogP contribution in [0.5, 0.6) is 0 Å². The Morgan fingerprint density at radius 1 is 1.27 bits per heavy atom. The molecular formula is C12H12FNO. The Balaban J connectivity index is 2.40. The van der Waals surface area contributed by atoms with Crippen LogP contribution < -0.4 is 5.73 Å². The molecule has 0 atom stereocenters. The number of nitrogens with two attached hydrogens (primary N) is 1. The summed E-state index contributed by atoms with van der Waals surface area (Å²) >= 11 is 0. The molecule has 0 radical (unpaired) electrons. The van der Waals surface area contributed by atoms with E-state index in [2.05, 4.69) is 0 Å². The molecule has 2 rings (SSSR count). The lowest BCUT2D eigenvalue weighted by atomic mass is 10.1. The van der Waals surface area contributed by atoms with Gasteiger partial charge in [0.1, 0.15) is 17.3 Å². The first-order chi connectivity index (χ1) is 7.20. The van der Waals surface area contributed by atoms with Crippen molar-refractivity contribution in [1.82, 2.24) is 0 Å². The standard InChI is InChI=1S/C12H12FNO/c1-8-6-9(2-4-11(8)13)12-5-3-10(7-14)15-12/h2-6H,7,14H2,1H3. The number of furan rings is 1. The second-order valence-electron chi connectivity index (χ2n) is 3.43. The molecule has 0 aliphatic rings. The predicted octanol–water partition coefficient (Wildman–Crippen LogP) is 2.85. The zero-order valence-electron chi connectivity index (χ0n) is 8.46. The van der Waals surface area contributed by atoms with Crippen LogP contribution >= 0.6 is 0 Å². The van der Waals surface area contributed by atoms with Gasteiger partial charge >= 0.3 is 0 Å². The van der Waals surface area contributed by atoms with Gasteiger partial charge in [0.05, 0.1) is 6.54 Å². The summed E-state index contributed by atoms with van der Waals surface area (Å²) in [6.45, 7) is 2.10.